The molecule has 0 atom stereocenters. The number of aromatic nitrogens is 3. The Balaban J connectivity index is 0.00000353. The van der Waals surface area contributed by atoms with Crippen LogP contribution >= 0.6 is 12.4 Å². The van der Waals surface area contributed by atoms with Gasteiger partial charge in [0, 0.05) is 47.5 Å². The zero-order valence-corrected chi connectivity index (χ0v) is 22.3. The van der Waals surface area contributed by atoms with E-state index in [2.05, 4.69) is 20.3 Å². The van der Waals surface area contributed by atoms with E-state index < -0.39 is 11.7 Å². The van der Waals surface area contributed by atoms with Crippen LogP contribution in [0.4, 0.5) is 10.1 Å². The van der Waals surface area contributed by atoms with Crippen LogP contribution in [0.25, 0.3) is 16.6 Å². The summed E-state index contributed by atoms with van der Waals surface area (Å²) in [5.41, 5.74) is 3.24. The number of carbonyl (C=O) groups is 1. The van der Waals surface area contributed by atoms with Gasteiger partial charge in [0.1, 0.15) is 16.8 Å². The van der Waals surface area contributed by atoms with E-state index in [9.17, 15) is 9.90 Å². The summed E-state index contributed by atoms with van der Waals surface area (Å²) in [5.74, 6) is -0.633. The molecule has 1 aromatic carbocycles. The van der Waals surface area contributed by atoms with E-state index in [4.69, 9.17) is 14.2 Å². The summed E-state index contributed by atoms with van der Waals surface area (Å²) in [7, 11) is 2.95. The van der Waals surface area contributed by atoms with Crippen LogP contribution in [0.1, 0.15) is 40.9 Å². The van der Waals surface area contributed by atoms with Crippen molar-refractivity contribution in [1.29, 1.82) is 0 Å². The molecule has 11 heteroatoms. The second-order valence-corrected chi connectivity index (χ2v) is 8.68. The highest BCUT2D eigenvalue weighted by molar-refractivity contribution is 6.07. The number of methoxy groups -OCH3 is 2. The Bertz CT molecular complexity index is 1590. The first kappa shape index (κ1) is 27.6. The summed E-state index contributed by atoms with van der Waals surface area (Å²) in [4.78, 5) is 25.9. The van der Waals surface area contributed by atoms with Crippen molar-refractivity contribution in [2.75, 3.05) is 19.5 Å². The zero-order valence-electron chi connectivity index (χ0n) is 21.4. The SMILES string of the molecule is COc1cc2nccc(Oc3ccc(NC(=O)c4cnc(C)c(C5=CCCC5)c4O)cc3F)c2nc1OC.Cl. The van der Waals surface area contributed by atoms with E-state index in [1.165, 1.54) is 38.7 Å². The molecule has 0 spiro atoms. The van der Waals surface area contributed by atoms with Gasteiger partial charge in [0.05, 0.1) is 19.7 Å². The number of aryl methyl sites for hydroxylation is 1. The van der Waals surface area contributed by atoms with Crippen molar-refractivity contribution in [3.05, 3.63) is 71.4 Å². The van der Waals surface area contributed by atoms with Crippen LogP contribution in [0.2, 0.25) is 0 Å². The molecule has 2 N–H and O–H groups in total. The van der Waals surface area contributed by atoms with Gasteiger partial charge in [0.2, 0.25) is 0 Å². The second-order valence-electron chi connectivity index (χ2n) is 8.68. The van der Waals surface area contributed by atoms with Crippen LogP contribution in [0.5, 0.6) is 28.9 Å². The lowest BCUT2D eigenvalue weighted by Gasteiger charge is -2.14. The van der Waals surface area contributed by atoms with E-state index in [-0.39, 0.29) is 46.8 Å². The fraction of sp³-hybridized carbons (Fsp3) is 0.214. The fourth-order valence-electron chi connectivity index (χ4n) is 4.41. The number of pyridine rings is 3. The molecule has 3 aromatic heterocycles. The number of anilines is 1. The summed E-state index contributed by atoms with van der Waals surface area (Å²) in [6.07, 6.45) is 7.61. The Morgan fingerprint density at radius 2 is 1.90 bits per heavy atom. The molecule has 5 rings (SSSR count). The molecule has 0 unspecified atom stereocenters. The van der Waals surface area contributed by atoms with Crippen molar-refractivity contribution in [3.8, 4) is 28.9 Å². The molecule has 1 aliphatic carbocycles. The number of allylic oxidation sites excluding steroid dienone is 2. The number of rotatable bonds is 7. The Hall–Kier alpha value is -4.44. The van der Waals surface area contributed by atoms with E-state index in [1.807, 2.05) is 6.08 Å². The molecule has 0 radical (unpaired) electrons. The van der Waals surface area contributed by atoms with Gasteiger partial charge in [-0.15, -0.1) is 12.4 Å². The van der Waals surface area contributed by atoms with Crippen LogP contribution in [0.3, 0.4) is 0 Å². The average Bonchev–Trinajstić information content (AvgIpc) is 3.44. The Morgan fingerprint density at radius 3 is 2.59 bits per heavy atom. The number of halogens is 2. The molecule has 0 bridgehead atoms. The second kappa shape index (κ2) is 11.5. The van der Waals surface area contributed by atoms with Crippen molar-refractivity contribution in [3.63, 3.8) is 0 Å². The van der Waals surface area contributed by atoms with Gasteiger partial charge < -0.3 is 24.6 Å². The number of nitrogens with zero attached hydrogens (tertiary/aromatic N) is 3. The average molecular weight is 553 g/mol. The van der Waals surface area contributed by atoms with E-state index >= 15 is 4.39 Å². The maximum atomic E-state index is 15.0. The molecular formula is C28H26ClFN4O5. The number of aromatic hydroxyl groups is 1. The third-order valence-electron chi connectivity index (χ3n) is 6.28. The number of nitrogens with one attached hydrogen (secondary N) is 1. The first-order valence-electron chi connectivity index (χ1n) is 11.9. The number of hydrogen-bond donors (Lipinski definition) is 2. The minimum atomic E-state index is -0.712. The van der Waals surface area contributed by atoms with Gasteiger partial charge in [0.25, 0.3) is 11.8 Å². The van der Waals surface area contributed by atoms with Crippen molar-refractivity contribution >= 4 is 40.6 Å². The fourth-order valence-corrected chi connectivity index (χ4v) is 4.41. The van der Waals surface area contributed by atoms with E-state index in [0.29, 0.717) is 28.0 Å². The molecule has 0 saturated heterocycles. The molecule has 4 aromatic rings. The van der Waals surface area contributed by atoms with Crippen LogP contribution in [0, 0.1) is 12.7 Å². The van der Waals surface area contributed by atoms with Crippen LogP contribution in [0.15, 0.2) is 48.8 Å². The molecule has 3 heterocycles. The van der Waals surface area contributed by atoms with Gasteiger partial charge >= 0.3 is 0 Å². The van der Waals surface area contributed by atoms with Crippen LogP contribution < -0.4 is 19.5 Å². The van der Waals surface area contributed by atoms with Crippen molar-refractivity contribution < 1.29 is 28.5 Å². The van der Waals surface area contributed by atoms with Gasteiger partial charge in [-0.1, -0.05) is 6.08 Å². The number of benzene rings is 1. The summed E-state index contributed by atoms with van der Waals surface area (Å²) in [6, 6.07) is 7.22. The quantitative estimate of drug-likeness (QED) is 0.277. The van der Waals surface area contributed by atoms with Gasteiger partial charge in [-0.05, 0) is 43.9 Å². The lowest BCUT2D eigenvalue weighted by molar-refractivity contribution is 0.102. The Kier molecular flexibility index (Phi) is 8.15. The summed E-state index contributed by atoms with van der Waals surface area (Å²) in [6.45, 7) is 1.79. The minimum absolute atomic E-state index is 0. The molecule has 0 fully saturated rings. The maximum Gasteiger partial charge on any atom is 0.261 e. The monoisotopic (exact) mass is 552 g/mol. The molecule has 1 amide bonds. The molecule has 202 valence electrons. The van der Waals surface area contributed by atoms with Gasteiger partial charge in [-0.3, -0.25) is 14.8 Å². The van der Waals surface area contributed by atoms with Crippen molar-refractivity contribution in [1.82, 2.24) is 15.0 Å². The normalized spacial score (nSPS) is 12.5. The standard InChI is InChI=1S/C28H25FN4O5.ClH/c1-15-24(16-6-4-5-7-16)26(34)18(14-31-15)27(35)32-17-8-9-21(19(29)12-17)38-22-10-11-30-20-13-23(36-2)28(37-3)33-25(20)22;/h6,8-14H,4-5,7H2,1-3H3,(H,31,34)(H,32,35);1H. The first-order valence-corrected chi connectivity index (χ1v) is 11.9. The third kappa shape index (κ3) is 5.42. The van der Waals surface area contributed by atoms with E-state index in [1.54, 1.807) is 19.1 Å². The largest absolute Gasteiger partial charge is 0.506 e. The first-order chi connectivity index (χ1) is 18.4. The summed E-state index contributed by atoms with van der Waals surface area (Å²) in [5, 5.41) is 13.5. The molecule has 39 heavy (non-hydrogen) atoms. The highest BCUT2D eigenvalue weighted by atomic mass is 35.5. The Morgan fingerprint density at radius 1 is 1.08 bits per heavy atom. The zero-order chi connectivity index (χ0) is 26.8. The highest BCUT2D eigenvalue weighted by Crippen LogP contribution is 2.38. The number of ether oxygens (including phenoxy) is 3. The molecule has 9 nitrogen and oxygen atoms in total. The number of fused-ring (bicyclic) bond motifs is 1. The van der Waals surface area contributed by atoms with Gasteiger partial charge in [-0.25, -0.2) is 9.37 Å². The molecular weight excluding hydrogens is 527 g/mol. The van der Waals surface area contributed by atoms with Crippen molar-refractivity contribution in [2.45, 2.75) is 26.2 Å². The molecule has 0 saturated carbocycles. The van der Waals surface area contributed by atoms with Crippen molar-refractivity contribution in [2.24, 2.45) is 0 Å². The smallest absolute Gasteiger partial charge is 0.261 e. The van der Waals surface area contributed by atoms with Gasteiger partial charge in [0.15, 0.2) is 23.1 Å². The number of amides is 1. The number of hydrogen-bond acceptors (Lipinski definition) is 8. The van der Waals surface area contributed by atoms with Crippen LogP contribution in [-0.2, 0) is 0 Å². The third-order valence-corrected chi connectivity index (χ3v) is 6.28. The lowest BCUT2D eigenvalue weighted by atomic mass is 10.00. The van der Waals surface area contributed by atoms with Gasteiger partial charge in [-0.2, -0.15) is 0 Å². The van der Waals surface area contributed by atoms with E-state index in [0.717, 1.165) is 30.9 Å². The lowest BCUT2D eigenvalue weighted by Crippen LogP contribution is -2.14. The summed E-state index contributed by atoms with van der Waals surface area (Å²) < 4.78 is 31.3. The Labute approximate surface area is 230 Å². The summed E-state index contributed by atoms with van der Waals surface area (Å²) >= 11 is 0. The topological polar surface area (TPSA) is 116 Å². The predicted molar refractivity (Wildman–Crippen MR) is 147 cm³/mol. The molecule has 0 aliphatic heterocycles. The minimum Gasteiger partial charge on any atom is -0.506 e. The predicted octanol–water partition coefficient (Wildman–Crippen LogP) is 6.23. The van der Waals surface area contributed by atoms with Crippen LogP contribution in [-0.4, -0.2) is 40.2 Å². The molecule has 1 aliphatic rings. The number of carbonyl (C=O) groups excluding carboxylic acids is 1. The maximum absolute atomic E-state index is 15.0. The highest BCUT2D eigenvalue weighted by Gasteiger charge is 2.22.